The number of ether oxygens (including phenoxy) is 2. The van der Waals surface area contributed by atoms with Crippen LogP contribution in [0.1, 0.15) is 62.8 Å². The highest BCUT2D eigenvalue weighted by atomic mass is 16.5. The van der Waals surface area contributed by atoms with Crippen molar-refractivity contribution in [1.82, 2.24) is 30.5 Å². The summed E-state index contributed by atoms with van der Waals surface area (Å²) in [5.74, 6) is -0.207. The van der Waals surface area contributed by atoms with Crippen LogP contribution in [-0.4, -0.2) is 80.4 Å². The molecular formula is C52H52N6O8. The summed E-state index contributed by atoms with van der Waals surface area (Å²) >= 11 is 0. The van der Waals surface area contributed by atoms with Gasteiger partial charge in [-0.3, -0.25) is 14.5 Å². The fourth-order valence-electron chi connectivity index (χ4n) is 8.36. The van der Waals surface area contributed by atoms with Gasteiger partial charge in [-0.2, -0.15) is 0 Å². The number of nitrogens with zero attached hydrogens (tertiary/aromatic N) is 3. The minimum absolute atomic E-state index is 0.0862. The Morgan fingerprint density at radius 2 is 1.64 bits per heavy atom. The standard InChI is InChI=1S/C52H52N6O8/c1-65-46-28-37(15-16-38(46)29-53-31-45(60)42-17-19-44(59)48-43(42)18-20-47(61)57-48)50(62)55-30-41-21-24-54-49(56-41)36-11-8-14-40(27-36)52(64,39-12-6-3-7-13-39)51(63)66-33-35-22-25-58(26-23-35)32-34-9-4-2-5-10-34/h2-21,24,27-28,35,45,53,59-60,64H,22-23,25-26,29-33H2,1H3,(H,55,62)(H,57,61). The molecule has 66 heavy (non-hydrogen) atoms. The molecule has 5 aromatic carbocycles. The fourth-order valence-corrected chi connectivity index (χ4v) is 8.36. The Balaban J connectivity index is 0.887. The molecule has 8 rings (SSSR count). The van der Waals surface area contributed by atoms with Gasteiger partial charge in [0, 0.05) is 59.5 Å². The third-order valence-corrected chi connectivity index (χ3v) is 12.0. The number of aromatic amines is 1. The molecule has 6 N–H and O–H groups in total. The molecule has 0 spiro atoms. The molecule has 0 saturated carbocycles. The predicted molar refractivity (Wildman–Crippen MR) is 249 cm³/mol. The maximum Gasteiger partial charge on any atom is 0.347 e. The quantitative estimate of drug-likeness (QED) is 0.0572. The topological polar surface area (TPSA) is 199 Å². The van der Waals surface area contributed by atoms with E-state index in [1.54, 1.807) is 91.1 Å². The number of esters is 1. The highest BCUT2D eigenvalue weighted by molar-refractivity contribution is 5.94. The van der Waals surface area contributed by atoms with E-state index in [9.17, 15) is 29.7 Å². The number of nitrogens with one attached hydrogen (secondary N) is 3. The molecule has 2 unspecified atom stereocenters. The number of benzene rings is 5. The van der Waals surface area contributed by atoms with E-state index in [-0.39, 0.29) is 48.3 Å². The first kappa shape index (κ1) is 45.3. The second-order valence-electron chi connectivity index (χ2n) is 16.5. The summed E-state index contributed by atoms with van der Waals surface area (Å²) in [6.07, 6.45) is 2.41. The monoisotopic (exact) mass is 888 g/mol. The number of phenols is 1. The zero-order chi connectivity index (χ0) is 46.0. The van der Waals surface area contributed by atoms with Crippen LogP contribution in [0.2, 0.25) is 0 Å². The number of hydrogen-bond donors (Lipinski definition) is 6. The lowest BCUT2D eigenvalue weighted by Crippen LogP contribution is -2.40. The molecule has 0 bridgehead atoms. The predicted octanol–water partition coefficient (Wildman–Crippen LogP) is 6.14. The van der Waals surface area contributed by atoms with E-state index in [2.05, 4.69) is 37.6 Å². The number of carbonyl (C=O) groups is 2. The normalized spacial score (nSPS) is 14.6. The van der Waals surface area contributed by atoms with Crippen LogP contribution < -0.4 is 20.9 Å². The van der Waals surface area contributed by atoms with Crippen molar-refractivity contribution in [1.29, 1.82) is 0 Å². The number of aliphatic hydroxyl groups excluding tert-OH is 1. The van der Waals surface area contributed by atoms with Gasteiger partial charge >= 0.3 is 5.97 Å². The van der Waals surface area contributed by atoms with Crippen molar-refractivity contribution in [3.05, 3.63) is 189 Å². The van der Waals surface area contributed by atoms with Crippen LogP contribution in [0, 0.1) is 5.92 Å². The smallest absolute Gasteiger partial charge is 0.347 e. The molecular weight excluding hydrogens is 837 g/mol. The van der Waals surface area contributed by atoms with Crippen LogP contribution in [0.3, 0.4) is 0 Å². The second kappa shape index (κ2) is 20.7. The van der Waals surface area contributed by atoms with Crippen molar-refractivity contribution in [2.45, 2.75) is 44.2 Å². The fraction of sp³-hybridized carbons (Fsp3) is 0.250. The number of amides is 1. The highest BCUT2D eigenvalue weighted by Gasteiger charge is 2.42. The van der Waals surface area contributed by atoms with E-state index in [0.29, 0.717) is 57.0 Å². The molecule has 0 radical (unpaired) electrons. The van der Waals surface area contributed by atoms with E-state index in [1.807, 2.05) is 24.3 Å². The maximum atomic E-state index is 14.0. The van der Waals surface area contributed by atoms with Gasteiger partial charge in [0.2, 0.25) is 11.2 Å². The lowest BCUT2D eigenvalue weighted by Gasteiger charge is -2.33. The molecule has 1 fully saturated rings. The van der Waals surface area contributed by atoms with Crippen LogP contribution in [0.5, 0.6) is 11.5 Å². The van der Waals surface area contributed by atoms with E-state index in [0.717, 1.165) is 38.0 Å². The number of pyridine rings is 1. The van der Waals surface area contributed by atoms with Gasteiger partial charge in [0.25, 0.3) is 5.91 Å². The minimum Gasteiger partial charge on any atom is -0.506 e. The minimum atomic E-state index is -2.10. The van der Waals surface area contributed by atoms with E-state index >= 15 is 0 Å². The average molecular weight is 889 g/mol. The van der Waals surface area contributed by atoms with Gasteiger partial charge in [-0.1, -0.05) is 91.0 Å². The average Bonchev–Trinajstić information content (AvgIpc) is 3.36. The molecule has 7 aromatic rings. The highest BCUT2D eigenvalue weighted by Crippen LogP contribution is 2.34. The zero-order valence-electron chi connectivity index (χ0n) is 36.5. The Morgan fingerprint density at radius 1 is 0.879 bits per heavy atom. The first-order valence-electron chi connectivity index (χ1n) is 21.9. The summed E-state index contributed by atoms with van der Waals surface area (Å²) in [5, 5.41) is 40.2. The number of aromatic nitrogens is 3. The van der Waals surface area contributed by atoms with Crippen molar-refractivity contribution >= 4 is 22.8 Å². The van der Waals surface area contributed by atoms with Crippen molar-refractivity contribution in [2.75, 3.05) is 33.4 Å². The lowest BCUT2D eigenvalue weighted by atomic mass is 9.85. The number of methoxy groups -OCH3 is 1. The molecule has 3 heterocycles. The van der Waals surface area contributed by atoms with Crippen LogP contribution >= 0.6 is 0 Å². The Labute approximate surface area is 381 Å². The van der Waals surface area contributed by atoms with Crippen molar-refractivity contribution in [3.63, 3.8) is 0 Å². The van der Waals surface area contributed by atoms with Crippen LogP contribution in [0.4, 0.5) is 0 Å². The van der Waals surface area contributed by atoms with Crippen LogP contribution in [-0.2, 0) is 34.8 Å². The molecule has 1 aliphatic heterocycles. The number of hydrogen-bond acceptors (Lipinski definition) is 12. The number of carbonyl (C=O) groups excluding carboxylic acids is 2. The summed E-state index contributed by atoms with van der Waals surface area (Å²) in [6.45, 7) is 3.45. The van der Waals surface area contributed by atoms with Gasteiger partial charge in [-0.15, -0.1) is 0 Å². The molecule has 2 atom stereocenters. The van der Waals surface area contributed by atoms with E-state index in [4.69, 9.17) is 14.5 Å². The van der Waals surface area contributed by atoms with Gasteiger partial charge in [0.15, 0.2) is 5.82 Å². The number of phenolic OH excluding ortho intramolecular Hbond substituents is 1. The number of fused-ring (bicyclic) bond motifs is 1. The summed E-state index contributed by atoms with van der Waals surface area (Å²) in [7, 11) is 1.51. The third-order valence-electron chi connectivity index (χ3n) is 12.0. The number of piperidine rings is 1. The number of aromatic hydroxyl groups is 1. The van der Waals surface area contributed by atoms with Gasteiger partial charge in [0.1, 0.15) is 11.5 Å². The van der Waals surface area contributed by atoms with Crippen molar-refractivity contribution in [3.8, 4) is 22.9 Å². The molecule has 1 amide bonds. The molecule has 1 saturated heterocycles. The molecule has 14 heteroatoms. The molecule has 0 aliphatic carbocycles. The largest absolute Gasteiger partial charge is 0.506 e. The Kier molecular flexibility index (Phi) is 14.2. The number of aliphatic hydroxyl groups is 2. The summed E-state index contributed by atoms with van der Waals surface area (Å²) < 4.78 is 11.5. The zero-order valence-corrected chi connectivity index (χ0v) is 36.5. The summed E-state index contributed by atoms with van der Waals surface area (Å²) in [4.78, 5) is 53.4. The third kappa shape index (κ3) is 10.5. The second-order valence-corrected chi connectivity index (χ2v) is 16.5. The van der Waals surface area contributed by atoms with Gasteiger partial charge in [-0.05, 0) is 84.9 Å². The van der Waals surface area contributed by atoms with Crippen LogP contribution in [0.15, 0.2) is 144 Å². The summed E-state index contributed by atoms with van der Waals surface area (Å²) in [6, 6.07) is 38.8. The Morgan fingerprint density at radius 3 is 2.41 bits per heavy atom. The number of likely N-dealkylation sites (tertiary alicyclic amines) is 1. The summed E-state index contributed by atoms with van der Waals surface area (Å²) in [5.41, 5.74) is 2.50. The number of rotatable bonds is 17. The Hall–Kier alpha value is -7.23. The molecule has 1 aliphatic rings. The first-order valence-corrected chi connectivity index (χ1v) is 21.9. The van der Waals surface area contributed by atoms with Gasteiger partial charge < -0.3 is 40.4 Å². The molecule has 14 nitrogen and oxygen atoms in total. The van der Waals surface area contributed by atoms with Gasteiger partial charge in [-0.25, -0.2) is 14.8 Å². The van der Waals surface area contributed by atoms with Crippen LogP contribution in [0.25, 0.3) is 22.3 Å². The van der Waals surface area contributed by atoms with Crippen molar-refractivity contribution in [2.24, 2.45) is 5.92 Å². The first-order chi connectivity index (χ1) is 32.1. The number of H-pyrrole nitrogens is 1. The van der Waals surface area contributed by atoms with Gasteiger partial charge in [0.05, 0.1) is 37.6 Å². The van der Waals surface area contributed by atoms with E-state index < -0.39 is 17.7 Å². The Bertz CT molecular complexity index is 2850. The molecule has 338 valence electrons. The van der Waals surface area contributed by atoms with E-state index in [1.165, 1.54) is 24.8 Å². The lowest BCUT2D eigenvalue weighted by molar-refractivity contribution is -0.164. The maximum absolute atomic E-state index is 14.0. The van der Waals surface area contributed by atoms with Crippen molar-refractivity contribution < 1.29 is 34.4 Å². The SMILES string of the molecule is COc1cc(C(=O)NCc2ccnc(-c3cccc(C(O)(C(=O)OCC4CCN(Cc5ccccc5)CC4)c4ccccc4)c3)n2)ccc1CNCC(O)c1ccc(O)c2[nH]c(=O)ccc12. The molecule has 2 aromatic heterocycles.